The molecule has 0 atom stereocenters. The third-order valence-corrected chi connectivity index (χ3v) is 4.37. The molecule has 0 saturated heterocycles. The van der Waals surface area contributed by atoms with Crippen molar-refractivity contribution in [3.8, 4) is 0 Å². The summed E-state index contributed by atoms with van der Waals surface area (Å²) >= 11 is 1.34. The molecule has 3 aromatic rings. The van der Waals surface area contributed by atoms with E-state index >= 15 is 0 Å². The minimum atomic E-state index is -0.0642. The molecule has 0 spiro atoms. The first-order valence-corrected chi connectivity index (χ1v) is 8.19. The highest BCUT2D eigenvalue weighted by Crippen LogP contribution is 2.23. The normalized spacial score (nSPS) is 10.9. The second-order valence-electron chi connectivity index (χ2n) is 5.38. The van der Waals surface area contributed by atoms with Crippen LogP contribution in [-0.2, 0) is 4.79 Å². The Morgan fingerprint density at radius 2 is 1.96 bits per heavy atom. The number of nitrogens with zero attached hydrogens (tertiary/aromatic N) is 4. The van der Waals surface area contributed by atoms with Gasteiger partial charge in [0.15, 0.2) is 5.16 Å². The quantitative estimate of drug-likeness (QED) is 0.746. The van der Waals surface area contributed by atoms with Crippen LogP contribution in [0.5, 0.6) is 0 Å². The van der Waals surface area contributed by atoms with Crippen LogP contribution in [-0.4, -0.2) is 31.2 Å². The van der Waals surface area contributed by atoms with E-state index in [9.17, 15) is 4.79 Å². The molecule has 0 aliphatic rings. The maximum absolute atomic E-state index is 12.2. The van der Waals surface area contributed by atoms with Gasteiger partial charge in [0, 0.05) is 18.1 Å². The van der Waals surface area contributed by atoms with Gasteiger partial charge in [0.25, 0.3) is 5.78 Å². The summed E-state index contributed by atoms with van der Waals surface area (Å²) in [6.07, 6.45) is 3.49. The number of rotatable bonds is 4. The fourth-order valence-corrected chi connectivity index (χ4v) is 3.22. The van der Waals surface area contributed by atoms with E-state index < -0.39 is 0 Å². The molecular weight excluding hydrogens is 310 g/mol. The number of amides is 1. The van der Waals surface area contributed by atoms with Gasteiger partial charge < -0.3 is 5.32 Å². The molecule has 0 bridgehead atoms. The molecule has 0 unspecified atom stereocenters. The SMILES string of the molecule is Cc1cc(C)c(NC(=O)CSc2nnc3ncccn23)c(C)c1. The molecule has 23 heavy (non-hydrogen) atoms. The number of nitrogens with one attached hydrogen (secondary N) is 1. The number of benzene rings is 1. The molecule has 1 aromatic carbocycles. The van der Waals surface area contributed by atoms with Gasteiger partial charge in [-0.3, -0.25) is 9.20 Å². The Morgan fingerprint density at radius 1 is 1.22 bits per heavy atom. The number of hydrogen-bond acceptors (Lipinski definition) is 5. The minimum Gasteiger partial charge on any atom is -0.325 e. The first kappa shape index (κ1) is 15.5. The second-order valence-corrected chi connectivity index (χ2v) is 6.33. The number of anilines is 1. The Kier molecular flexibility index (Phi) is 4.29. The van der Waals surface area contributed by atoms with Gasteiger partial charge in [0.2, 0.25) is 5.91 Å². The van der Waals surface area contributed by atoms with Crippen LogP contribution in [0.2, 0.25) is 0 Å². The van der Waals surface area contributed by atoms with Crippen molar-refractivity contribution in [2.45, 2.75) is 25.9 Å². The smallest absolute Gasteiger partial charge is 0.255 e. The first-order chi connectivity index (χ1) is 11.0. The van der Waals surface area contributed by atoms with Crippen LogP contribution in [0.25, 0.3) is 5.78 Å². The van der Waals surface area contributed by atoms with Gasteiger partial charge in [0.1, 0.15) is 0 Å². The Hall–Kier alpha value is -2.41. The lowest BCUT2D eigenvalue weighted by atomic mass is 10.1. The minimum absolute atomic E-state index is 0.0642. The topological polar surface area (TPSA) is 72.2 Å². The van der Waals surface area contributed by atoms with Crippen molar-refractivity contribution in [3.63, 3.8) is 0 Å². The third-order valence-electron chi connectivity index (χ3n) is 3.43. The fraction of sp³-hybridized carbons (Fsp3) is 0.250. The zero-order valence-electron chi connectivity index (χ0n) is 13.2. The molecule has 0 aliphatic carbocycles. The number of aryl methyl sites for hydroxylation is 3. The molecule has 2 heterocycles. The molecule has 1 N–H and O–H groups in total. The zero-order valence-corrected chi connectivity index (χ0v) is 14.0. The second kappa shape index (κ2) is 6.37. The Labute approximate surface area is 138 Å². The molecule has 6 nitrogen and oxygen atoms in total. The Bertz CT molecular complexity index is 851. The highest BCUT2D eigenvalue weighted by Gasteiger charge is 2.11. The van der Waals surface area contributed by atoms with E-state index in [1.54, 1.807) is 16.7 Å². The average Bonchev–Trinajstić information content (AvgIpc) is 2.92. The Balaban J connectivity index is 1.69. The molecule has 0 radical (unpaired) electrons. The van der Waals surface area contributed by atoms with Crippen molar-refractivity contribution < 1.29 is 4.79 Å². The monoisotopic (exact) mass is 327 g/mol. The standard InChI is InChI=1S/C16H17N5OS/c1-10-7-11(2)14(12(3)8-10)18-13(22)9-23-16-20-19-15-17-5-4-6-21(15)16/h4-8H,9H2,1-3H3,(H,18,22). The highest BCUT2D eigenvalue weighted by molar-refractivity contribution is 7.99. The maximum atomic E-state index is 12.2. The predicted octanol–water partition coefficient (Wildman–Crippen LogP) is 2.78. The summed E-state index contributed by atoms with van der Waals surface area (Å²) in [6, 6.07) is 5.93. The molecule has 0 fully saturated rings. The maximum Gasteiger partial charge on any atom is 0.255 e. The molecule has 3 rings (SSSR count). The van der Waals surface area contributed by atoms with Crippen LogP contribution in [0.15, 0.2) is 35.7 Å². The summed E-state index contributed by atoms with van der Waals surface area (Å²) in [7, 11) is 0. The molecule has 118 valence electrons. The largest absolute Gasteiger partial charge is 0.325 e. The van der Waals surface area contributed by atoms with Crippen molar-refractivity contribution in [1.29, 1.82) is 0 Å². The van der Waals surface area contributed by atoms with Gasteiger partial charge in [-0.15, -0.1) is 10.2 Å². The Morgan fingerprint density at radius 3 is 2.70 bits per heavy atom. The van der Waals surface area contributed by atoms with Crippen LogP contribution in [0, 0.1) is 20.8 Å². The van der Waals surface area contributed by atoms with Crippen LogP contribution in [0.3, 0.4) is 0 Å². The number of carbonyl (C=O) groups is 1. The fourth-order valence-electron chi connectivity index (χ4n) is 2.50. The van der Waals surface area contributed by atoms with Gasteiger partial charge >= 0.3 is 0 Å². The van der Waals surface area contributed by atoms with E-state index in [4.69, 9.17) is 0 Å². The molecule has 1 amide bonds. The molecule has 2 aromatic heterocycles. The van der Waals surface area contributed by atoms with Gasteiger partial charge in [0.05, 0.1) is 5.75 Å². The number of hydrogen-bond donors (Lipinski definition) is 1. The van der Waals surface area contributed by atoms with Crippen molar-refractivity contribution in [2.24, 2.45) is 0 Å². The summed E-state index contributed by atoms with van der Waals surface area (Å²) in [5.41, 5.74) is 4.21. The average molecular weight is 327 g/mol. The third kappa shape index (κ3) is 3.34. The summed E-state index contributed by atoms with van der Waals surface area (Å²) in [5.74, 6) is 0.731. The predicted molar refractivity (Wildman–Crippen MR) is 90.8 cm³/mol. The lowest BCUT2D eigenvalue weighted by Crippen LogP contribution is -2.16. The molecule has 7 heteroatoms. The summed E-state index contributed by atoms with van der Waals surface area (Å²) in [5, 5.41) is 11.7. The lowest BCUT2D eigenvalue weighted by molar-refractivity contribution is -0.113. The van der Waals surface area contributed by atoms with Crippen LogP contribution in [0.4, 0.5) is 5.69 Å². The van der Waals surface area contributed by atoms with Crippen LogP contribution in [0.1, 0.15) is 16.7 Å². The number of carbonyl (C=O) groups excluding carboxylic acids is 1. The van der Waals surface area contributed by atoms with Crippen molar-refractivity contribution in [1.82, 2.24) is 19.6 Å². The number of aromatic nitrogens is 4. The van der Waals surface area contributed by atoms with E-state index in [1.165, 1.54) is 17.3 Å². The van der Waals surface area contributed by atoms with Crippen molar-refractivity contribution >= 4 is 29.1 Å². The van der Waals surface area contributed by atoms with Gasteiger partial charge in [-0.1, -0.05) is 29.5 Å². The molecule has 0 saturated carbocycles. The summed E-state index contributed by atoms with van der Waals surface area (Å²) in [4.78, 5) is 16.3. The molecule has 0 aliphatic heterocycles. The first-order valence-electron chi connectivity index (χ1n) is 7.21. The van der Waals surface area contributed by atoms with Gasteiger partial charge in [-0.2, -0.15) is 0 Å². The van der Waals surface area contributed by atoms with Crippen LogP contribution < -0.4 is 5.32 Å². The molecular formula is C16H17N5OS. The van der Waals surface area contributed by atoms with E-state index in [2.05, 4.69) is 32.6 Å². The summed E-state index contributed by atoms with van der Waals surface area (Å²) < 4.78 is 1.76. The number of fused-ring (bicyclic) bond motifs is 1. The lowest BCUT2D eigenvalue weighted by Gasteiger charge is -2.12. The summed E-state index contributed by atoms with van der Waals surface area (Å²) in [6.45, 7) is 6.05. The number of thioether (sulfide) groups is 1. The van der Waals surface area contributed by atoms with E-state index in [0.29, 0.717) is 10.9 Å². The van der Waals surface area contributed by atoms with E-state index in [1.807, 2.05) is 27.0 Å². The van der Waals surface area contributed by atoms with E-state index in [-0.39, 0.29) is 11.7 Å². The zero-order chi connectivity index (χ0) is 16.4. The van der Waals surface area contributed by atoms with Gasteiger partial charge in [-0.25, -0.2) is 4.98 Å². The van der Waals surface area contributed by atoms with Crippen molar-refractivity contribution in [2.75, 3.05) is 11.1 Å². The van der Waals surface area contributed by atoms with Crippen LogP contribution >= 0.6 is 11.8 Å². The van der Waals surface area contributed by atoms with Gasteiger partial charge in [-0.05, 0) is 38.0 Å². The van der Waals surface area contributed by atoms with Crippen molar-refractivity contribution in [3.05, 3.63) is 47.3 Å². The highest BCUT2D eigenvalue weighted by atomic mass is 32.2. The van der Waals surface area contributed by atoms with E-state index in [0.717, 1.165) is 16.8 Å².